The van der Waals surface area contributed by atoms with E-state index in [1.54, 1.807) is 12.1 Å². The topological polar surface area (TPSA) is 122 Å². The maximum absolute atomic E-state index is 12.0. The molecule has 1 saturated heterocycles. The standard InChI is InChI=1S/C18H21N3O6S/c1-11-3-4-13(7-12(11)2)17(25)20-8-16(24)27-9-14(22)19-5-6-21-15(23)10-28-18(21)26/h3-4,7H,5-6,8-10H2,1-2H3,(H,19,22)(H,20,25). The molecule has 0 unspecified atom stereocenters. The summed E-state index contributed by atoms with van der Waals surface area (Å²) in [7, 11) is 0. The van der Waals surface area contributed by atoms with Crippen LogP contribution in [0.4, 0.5) is 4.79 Å². The van der Waals surface area contributed by atoms with Crippen molar-refractivity contribution in [2.45, 2.75) is 13.8 Å². The maximum atomic E-state index is 12.0. The fourth-order valence-corrected chi connectivity index (χ4v) is 3.04. The van der Waals surface area contributed by atoms with Gasteiger partial charge in [0.15, 0.2) is 6.61 Å². The number of rotatable bonds is 8. The number of thioether (sulfide) groups is 1. The molecule has 28 heavy (non-hydrogen) atoms. The van der Waals surface area contributed by atoms with Crippen LogP contribution in [0.5, 0.6) is 0 Å². The number of ether oxygens (including phenoxy) is 1. The number of hydrogen-bond acceptors (Lipinski definition) is 7. The van der Waals surface area contributed by atoms with Crippen molar-refractivity contribution in [1.82, 2.24) is 15.5 Å². The molecule has 4 amide bonds. The lowest BCUT2D eigenvalue weighted by Crippen LogP contribution is -2.39. The third kappa shape index (κ3) is 6.08. The molecule has 150 valence electrons. The Morgan fingerprint density at radius 1 is 1.14 bits per heavy atom. The highest BCUT2D eigenvalue weighted by molar-refractivity contribution is 8.14. The molecule has 0 atom stereocenters. The molecular weight excluding hydrogens is 386 g/mol. The first-order valence-corrected chi connectivity index (χ1v) is 9.51. The predicted octanol–water partition coefficient (Wildman–Crippen LogP) is 0.388. The van der Waals surface area contributed by atoms with E-state index in [0.717, 1.165) is 27.8 Å². The van der Waals surface area contributed by atoms with Crippen LogP contribution in [0.15, 0.2) is 18.2 Å². The van der Waals surface area contributed by atoms with E-state index in [1.807, 2.05) is 19.9 Å². The van der Waals surface area contributed by atoms with Gasteiger partial charge in [-0.1, -0.05) is 17.8 Å². The molecular formula is C18H21N3O6S. The number of nitrogens with one attached hydrogen (secondary N) is 2. The highest BCUT2D eigenvalue weighted by Crippen LogP contribution is 2.17. The molecule has 10 heteroatoms. The average Bonchev–Trinajstić information content (AvgIpc) is 2.98. The zero-order chi connectivity index (χ0) is 20.7. The summed E-state index contributed by atoms with van der Waals surface area (Å²) < 4.78 is 4.78. The van der Waals surface area contributed by atoms with Crippen molar-refractivity contribution in [2.24, 2.45) is 0 Å². The number of aryl methyl sites for hydroxylation is 2. The van der Waals surface area contributed by atoms with E-state index in [9.17, 15) is 24.0 Å². The number of carbonyl (C=O) groups is 5. The summed E-state index contributed by atoms with van der Waals surface area (Å²) in [5.41, 5.74) is 2.44. The summed E-state index contributed by atoms with van der Waals surface area (Å²) in [4.78, 5) is 59.2. The number of carbonyl (C=O) groups excluding carboxylic acids is 5. The van der Waals surface area contributed by atoms with Gasteiger partial charge in [-0.05, 0) is 37.1 Å². The number of nitrogens with zero attached hydrogens (tertiary/aromatic N) is 1. The van der Waals surface area contributed by atoms with Gasteiger partial charge in [0, 0.05) is 18.7 Å². The van der Waals surface area contributed by atoms with Crippen molar-refractivity contribution < 1.29 is 28.7 Å². The number of benzene rings is 1. The van der Waals surface area contributed by atoms with Crippen molar-refractivity contribution in [3.8, 4) is 0 Å². The van der Waals surface area contributed by atoms with E-state index in [0.29, 0.717) is 5.56 Å². The SMILES string of the molecule is Cc1ccc(C(=O)NCC(=O)OCC(=O)NCCN2C(=O)CSC2=O)cc1C. The highest BCUT2D eigenvalue weighted by atomic mass is 32.2. The Labute approximate surface area is 166 Å². The van der Waals surface area contributed by atoms with Crippen LogP contribution in [0.1, 0.15) is 21.5 Å². The molecule has 0 saturated carbocycles. The highest BCUT2D eigenvalue weighted by Gasteiger charge is 2.29. The van der Waals surface area contributed by atoms with Gasteiger partial charge in [0.25, 0.3) is 17.1 Å². The molecule has 2 rings (SSSR count). The molecule has 1 aromatic carbocycles. The third-order valence-corrected chi connectivity index (χ3v) is 4.88. The molecule has 0 bridgehead atoms. The zero-order valence-electron chi connectivity index (χ0n) is 15.6. The minimum Gasteiger partial charge on any atom is -0.454 e. The minimum atomic E-state index is -0.756. The van der Waals surface area contributed by atoms with Crippen LogP contribution in [0.3, 0.4) is 0 Å². The third-order valence-electron chi connectivity index (χ3n) is 4.02. The lowest BCUT2D eigenvalue weighted by atomic mass is 10.1. The first-order valence-electron chi connectivity index (χ1n) is 8.53. The Bertz CT molecular complexity index is 795. The lowest BCUT2D eigenvalue weighted by molar-refractivity contribution is -0.147. The quantitative estimate of drug-likeness (QED) is 0.598. The molecule has 1 aromatic rings. The minimum absolute atomic E-state index is 0.0659. The monoisotopic (exact) mass is 407 g/mol. The second-order valence-corrected chi connectivity index (χ2v) is 7.02. The largest absolute Gasteiger partial charge is 0.454 e. The van der Waals surface area contributed by atoms with E-state index in [2.05, 4.69) is 10.6 Å². The smallest absolute Gasteiger partial charge is 0.325 e. The van der Waals surface area contributed by atoms with E-state index < -0.39 is 24.4 Å². The molecule has 0 aromatic heterocycles. The number of hydrogen-bond donors (Lipinski definition) is 2. The van der Waals surface area contributed by atoms with Gasteiger partial charge in [-0.2, -0.15) is 0 Å². The van der Waals surface area contributed by atoms with Crippen LogP contribution >= 0.6 is 11.8 Å². The van der Waals surface area contributed by atoms with Crippen molar-refractivity contribution in [1.29, 1.82) is 0 Å². The van der Waals surface area contributed by atoms with E-state index >= 15 is 0 Å². The predicted molar refractivity (Wildman–Crippen MR) is 102 cm³/mol. The van der Waals surface area contributed by atoms with E-state index in [1.165, 1.54) is 0 Å². The van der Waals surface area contributed by atoms with Crippen LogP contribution in [0.2, 0.25) is 0 Å². The van der Waals surface area contributed by atoms with Gasteiger partial charge in [-0.3, -0.25) is 28.9 Å². The number of amides is 4. The molecule has 0 spiro atoms. The number of esters is 1. The molecule has 9 nitrogen and oxygen atoms in total. The first-order chi connectivity index (χ1) is 13.3. The summed E-state index contributed by atoms with van der Waals surface area (Å²) in [6, 6.07) is 5.19. The summed E-state index contributed by atoms with van der Waals surface area (Å²) in [6.45, 7) is 3.06. The van der Waals surface area contributed by atoms with Gasteiger partial charge in [-0.25, -0.2) is 0 Å². The average molecular weight is 407 g/mol. The molecule has 1 heterocycles. The second-order valence-electron chi connectivity index (χ2n) is 6.09. The van der Waals surface area contributed by atoms with Gasteiger partial charge in [0.1, 0.15) is 6.54 Å². The maximum Gasteiger partial charge on any atom is 0.325 e. The van der Waals surface area contributed by atoms with Crippen LogP contribution in [0, 0.1) is 13.8 Å². The lowest BCUT2D eigenvalue weighted by Gasteiger charge is -2.13. The van der Waals surface area contributed by atoms with Crippen molar-refractivity contribution in [2.75, 3.05) is 32.0 Å². The van der Waals surface area contributed by atoms with Gasteiger partial charge in [0.05, 0.1) is 5.75 Å². The van der Waals surface area contributed by atoms with Gasteiger partial charge in [0.2, 0.25) is 5.91 Å². The van der Waals surface area contributed by atoms with Gasteiger partial charge in [-0.15, -0.1) is 0 Å². The zero-order valence-corrected chi connectivity index (χ0v) is 16.4. The number of imide groups is 1. The second kappa shape index (κ2) is 9.88. The van der Waals surface area contributed by atoms with Crippen LogP contribution < -0.4 is 10.6 Å². The molecule has 0 radical (unpaired) electrons. The molecule has 0 aliphatic carbocycles. The van der Waals surface area contributed by atoms with Crippen LogP contribution in [0.25, 0.3) is 0 Å². The first kappa shape index (κ1) is 21.4. The van der Waals surface area contributed by atoms with Crippen molar-refractivity contribution >= 4 is 40.7 Å². The Morgan fingerprint density at radius 3 is 2.54 bits per heavy atom. The molecule has 1 fully saturated rings. The van der Waals surface area contributed by atoms with E-state index in [4.69, 9.17) is 4.74 Å². The summed E-state index contributed by atoms with van der Waals surface area (Å²) in [6.07, 6.45) is 0. The summed E-state index contributed by atoms with van der Waals surface area (Å²) in [5.74, 6) is -1.93. The molecule has 1 aliphatic rings. The van der Waals surface area contributed by atoms with Gasteiger partial charge >= 0.3 is 5.97 Å². The Morgan fingerprint density at radius 2 is 1.89 bits per heavy atom. The van der Waals surface area contributed by atoms with Crippen molar-refractivity contribution in [3.63, 3.8) is 0 Å². The van der Waals surface area contributed by atoms with E-state index in [-0.39, 0.29) is 36.5 Å². The Kier molecular flexibility index (Phi) is 7.56. The van der Waals surface area contributed by atoms with Crippen molar-refractivity contribution in [3.05, 3.63) is 34.9 Å². The van der Waals surface area contributed by atoms with Crippen LogP contribution in [-0.2, 0) is 19.1 Å². The Hall–Kier alpha value is -2.88. The molecule has 2 N–H and O–H groups in total. The van der Waals surface area contributed by atoms with Crippen LogP contribution in [-0.4, -0.2) is 65.8 Å². The summed E-state index contributed by atoms with van der Waals surface area (Å²) >= 11 is 0.915. The fourth-order valence-electron chi connectivity index (χ4n) is 2.29. The normalized spacial score (nSPS) is 13.4. The summed E-state index contributed by atoms with van der Waals surface area (Å²) in [5, 5.41) is 4.54. The van der Waals surface area contributed by atoms with Gasteiger partial charge < -0.3 is 15.4 Å². The fraction of sp³-hybridized carbons (Fsp3) is 0.389. The molecule has 1 aliphatic heterocycles. The Balaban J connectivity index is 1.64.